The average Bonchev–Trinajstić information content (AvgIpc) is 2.63. The van der Waals surface area contributed by atoms with E-state index in [4.69, 9.17) is 16.4 Å². The van der Waals surface area contributed by atoms with Crippen molar-refractivity contribution in [2.75, 3.05) is 6.61 Å². The molecule has 0 amide bonds. The zero-order chi connectivity index (χ0) is 12.3. The van der Waals surface area contributed by atoms with Crippen molar-refractivity contribution in [3.8, 4) is 0 Å². The molecular weight excluding hydrogens is 254 g/mol. The van der Waals surface area contributed by atoms with Crippen LogP contribution in [0.15, 0.2) is 24.3 Å². The van der Waals surface area contributed by atoms with Gasteiger partial charge in [-0.25, -0.2) is 0 Å². The van der Waals surface area contributed by atoms with Gasteiger partial charge in [-0.05, 0) is 12.0 Å². The molecule has 4 heteroatoms. The van der Waals surface area contributed by atoms with E-state index in [1.54, 1.807) is 11.3 Å². The van der Waals surface area contributed by atoms with Crippen LogP contribution in [-0.4, -0.2) is 6.61 Å². The van der Waals surface area contributed by atoms with Crippen LogP contribution in [0, 0.1) is 5.92 Å². The van der Waals surface area contributed by atoms with Gasteiger partial charge in [0.2, 0.25) is 0 Å². The van der Waals surface area contributed by atoms with Gasteiger partial charge in [0.15, 0.2) is 0 Å². The lowest BCUT2D eigenvalue weighted by Crippen LogP contribution is -2.16. The molecule has 1 N–H and O–H groups in total. The summed E-state index contributed by atoms with van der Waals surface area (Å²) >= 11 is 8.02. The van der Waals surface area contributed by atoms with Crippen molar-refractivity contribution in [2.24, 2.45) is 5.92 Å². The largest absolute Gasteiger partial charge is 0.301 e. The predicted molar refractivity (Wildman–Crippen MR) is 74.5 cm³/mol. The molecule has 0 bridgehead atoms. The highest BCUT2D eigenvalue weighted by molar-refractivity contribution is 7.19. The van der Waals surface area contributed by atoms with Gasteiger partial charge in [-0.3, -0.25) is 0 Å². The molecule has 0 aliphatic carbocycles. The van der Waals surface area contributed by atoms with Crippen molar-refractivity contribution in [1.29, 1.82) is 0 Å². The van der Waals surface area contributed by atoms with Gasteiger partial charge in [0.1, 0.15) is 0 Å². The SMILES string of the molecule is CC(C)CONCc1sc2ccccc2c1Cl. The fourth-order valence-corrected chi connectivity index (χ4v) is 2.95. The molecule has 0 unspecified atom stereocenters. The lowest BCUT2D eigenvalue weighted by Gasteiger charge is -2.06. The maximum absolute atomic E-state index is 6.31. The third kappa shape index (κ3) is 3.19. The van der Waals surface area contributed by atoms with Crippen LogP contribution in [0.2, 0.25) is 5.02 Å². The Hall–Kier alpha value is -0.610. The van der Waals surface area contributed by atoms with Crippen molar-refractivity contribution in [1.82, 2.24) is 5.48 Å². The van der Waals surface area contributed by atoms with Crippen LogP contribution < -0.4 is 5.48 Å². The molecule has 0 fully saturated rings. The first-order valence-corrected chi connectivity index (χ1v) is 6.88. The standard InChI is InChI=1S/C13H16ClNOS/c1-9(2)8-16-15-7-12-13(14)10-5-3-4-6-11(10)17-12/h3-6,9,15H,7-8H2,1-2H3. The lowest BCUT2D eigenvalue weighted by atomic mass is 10.2. The molecule has 1 aromatic carbocycles. The molecule has 1 heterocycles. The Morgan fingerprint density at radius 2 is 2.12 bits per heavy atom. The minimum atomic E-state index is 0.528. The quantitative estimate of drug-likeness (QED) is 0.648. The molecule has 2 rings (SSSR count). The van der Waals surface area contributed by atoms with Crippen LogP contribution in [0.25, 0.3) is 10.1 Å². The van der Waals surface area contributed by atoms with E-state index in [0.717, 1.165) is 15.3 Å². The van der Waals surface area contributed by atoms with Gasteiger partial charge in [0.05, 0.1) is 18.2 Å². The number of hydrogen-bond acceptors (Lipinski definition) is 3. The van der Waals surface area contributed by atoms with E-state index in [-0.39, 0.29) is 0 Å². The summed E-state index contributed by atoms with van der Waals surface area (Å²) < 4.78 is 1.22. The van der Waals surface area contributed by atoms with Crippen LogP contribution in [0.5, 0.6) is 0 Å². The molecule has 0 radical (unpaired) electrons. The van der Waals surface area contributed by atoms with Crippen LogP contribution >= 0.6 is 22.9 Å². The number of halogens is 1. The number of hydrogen-bond donors (Lipinski definition) is 1. The Kier molecular flexibility index (Phi) is 4.40. The number of hydroxylamine groups is 1. The Bertz CT molecular complexity index is 495. The first-order chi connectivity index (χ1) is 8.18. The molecule has 0 atom stereocenters. The Morgan fingerprint density at radius 3 is 2.82 bits per heavy atom. The molecule has 2 nitrogen and oxygen atoms in total. The van der Waals surface area contributed by atoms with Crippen molar-refractivity contribution < 1.29 is 4.84 Å². The first kappa shape index (κ1) is 12.8. The highest BCUT2D eigenvalue weighted by Crippen LogP contribution is 2.34. The van der Waals surface area contributed by atoms with Gasteiger partial charge >= 0.3 is 0 Å². The number of nitrogens with one attached hydrogen (secondary N) is 1. The number of thiophene rings is 1. The van der Waals surface area contributed by atoms with E-state index in [1.165, 1.54) is 4.70 Å². The molecule has 0 aliphatic rings. The van der Waals surface area contributed by atoms with E-state index in [2.05, 4.69) is 25.4 Å². The summed E-state index contributed by atoms with van der Waals surface area (Å²) in [5, 5.41) is 1.96. The second kappa shape index (κ2) is 5.83. The van der Waals surface area contributed by atoms with E-state index < -0.39 is 0 Å². The van der Waals surface area contributed by atoms with Crippen molar-refractivity contribution in [2.45, 2.75) is 20.4 Å². The van der Waals surface area contributed by atoms with Gasteiger partial charge < -0.3 is 4.84 Å². The zero-order valence-electron chi connectivity index (χ0n) is 10.00. The van der Waals surface area contributed by atoms with Crippen LogP contribution in [0.4, 0.5) is 0 Å². The smallest absolute Gasteiger partial charge is 0.0705 e. The van der Waals surface area contributed by atoms with Gasteiger partial charge in [-0.15, -0.1) is 11.3 Å². The molecule has 0 saturated heterocycles. The van der Waals surface area contributed by atoms with Crippen LogP contribution in [0.1, 0.15) is 18.7 Å². The topological polar surface area (TPSA) is 21.3 Å². The third-order valence-corrected chi connectivity index (χ3v) is 4.07. The summed E-state index contributed by atoms with van der Waals surface area (Å²) in [6.07, 6.45) is 0. The molecule has 0 spiro atoms. The van der Waals surface area contributed by atoms with Crippen LogP contribution in [0.3, 0.4) is 0 Å². The van der Waals surface area contributed by atoms with E-state index >= 15 is 0 Å². The van der Waals surface area contributed by atoms with Gasteiger partial charge in [-0.2, -0.15) is 5.48 Å². The minimum absolute atomic E-state index is 0.528. The summed E-state index contributed by atoms with van der Waals surface area (Å²) in [6, 6.07) is 8.17. The fraction of sp³-hybridized carbons (Fsp3) is 0.385. The monoisotopic (exact) mass is 269 g/mol. The fourth-order valence-electron chi connectivity index (χ4n) is 1.52. The normalized spacial score (nSPS) is 11.5. The summed E-state index contributed by atoms with van der Waals surface area (Å²) in [4.78, 5) is 6.47. The molecule has 1 aromatic heterocycles. The molecule has 17 heavy (non-hydrogen) atoms. The van der Waals surface area contributed by atoms with E-state index in [0.29, 0.717) is 19.1 Å². The first-order valence-electron chi connectivity index (χ1n) is 5.69. The second-order valence-electron chi connectivity index (χ2n) is 4.36. The summed E-state index contributed by atoms with van der Waals surface area (Å²) in [6.45, 7) is 5.61. The Balaban J connectivity index is 2.01. The number of rotatable bonds is 5. The van der Waals surface area contributed by atoms with E-state index in [1.807, 2.05) is 18.2 Å². The lowest BCUT2D eigenvalue weighted by molar-refractivity contribution is 0.0202. The number of fused-ring (bicyclic) bond motifs is 1. The second-order valence-corrected chi connectivity index (χ2v) is 5.88. The minimum Gasteiger partial charge on any atom is -0.301 e. The maximum atomic E-state index is 6.31. The highest BCUT2D eigenvalue weighted by atomic mass is 35.5. The maximum Gasteiger partial charge on any atom is 0.0705 e. The highest BCUT2D eigenvalue weighted by Gasteiger charge is 2.09. The van der Waals surface area contributed by atoms with E-state index in [9.17, 15) is 0 Å². The molecule has 2 aromatic rings. The van der Waals surface area contributed by atoms with Gasteiger partial charge in [-0.1, -0.05) is 43.6 Å². The molecule has 92 valence electrons. The van der Waals surface area contributed by atoms with Crippen LogP contribution in [-0.2, 0) is 11.4 Å². The van der Waals surface area contributed by atoms with Crippen molar-refractivity contribution >= 4 is 33.0 Å². The van der Waals surface area contributed by atoms with Crippen molar-refractivity contribution in [3.05, 3.63) is 34.2 Å². The third-order valence-electron chi connectivity index (χ3n) is 2.35. The molecule has 0 saturated carbocycles. The van der Waals surface area contributed by atoms with Gasteiger partial charge in [0.25, 0.3) is 0 Å². The Morgan fingerprint density at radius 1 is 1.35 bits per heavy atom. The molecule has 0 aliphatic heterocycles. The average molecular weight is 270 g/mol. The number of benzene rings is 1. The summed E-state index contributed by atoms with van der Waals surface area (Å²) in [5.41, 5.74) is 2.96. The zero-order valence-corrected chi connectivity index (χ0v) is 11.6. The predicted octanol–water partition coefficient (Wildman–Crippen LogP) is 4.23. The van der Waals surface area contributed by atoms with Gasteiger partial charge in [0, 0.05) is 15.0 Å². The summed E-state index contributed by atoms with van der Waals surface area (Å²) in [5.74, 6) is 0.528. The van der Waals surface area contributed by atoms with Crippen molar-refractivity contribution in [3.63, 3.8) is 0 Å². The Labute approximate surface area is 110 Å². The molecular formula is C13H16ClNOS. The summed E-state index contributed by atoms with van der Waals surface area (Å²) in [7, 11) is 0.